The van der Waals surface area contributed by atoms with Gasteiger partial charge >= 0.3 is 0 Å². The molecule has 98 valence electrons. The molecule has 0 bridgehead atoms. The predicted molar refractivity (Wildman–Crippen MR) is 73.8 cm³/mol. The van der Waals surface area contributed by atoms with E-state index in [1.54, 1.807) is 6.07 Å². The van der Waals surface area contributed by atoms with E-state index in [1.807, 2.05) is 29.2 Å². The van der Waals surface area contributed by atoms with E-state index >= 15 is 0 Å². The fourth-order valence-electron chi connectivity index (χ4n) is 2.32. The number of ether oxygens (including phenoxy) is 1. The van der Waals surface area contributed by atoms with Crippen LogP contribution in [0, 0.1) is 5.82 Å². The topological polar surface area (TPSA) is 38.5 Å². The van der Waals surface area contributed by atoms with Crippen molar-refractivity contribution in [3.63, 3.8) is 0 Å². The van der Waals surface area contributed by atoms with Crippen molar-refractivity contribution in [3.8, 4) is 5.75 Å². The van der Waals surface area contributed by atoms with Crippen molar-refractivity contribution in [1.82, 2.24) is 0 Å². The molecule has 19 heavy (non-hydrogen) atoms. The Morgan fingerprint density at radius 2 is 2.00 bits per heavy atom. The molecule has 0 aliphatic carbocycles. The zero-order chi connectivity index (χ0) is 13.2. The lowest BCUT2D eigenvalue weighted by molar-refractivity contribution is 0.331. The third kappa shape index (κ3) is 2.34. The average molecular weight is 258 g/mol. The van der Waals surface area contributed by atoms with Crippen LogP contribution in [0.25, 0.3) is 0 Å². The van der Waals surface area contributed by atoms with E-state index < -0.39 is 0 Å². The molecule has 0 radical (unpaired) electrons. The monoisotopic (exact) mass is 258 g/mol. The minimum absolute atomic E-state index is 0.275. The molecule has 2 aromatic rings. The zero-order valence-corrected chi connectivity index (χ0v) is 10.5. The maximum atomic E-state index is 13.4. The van der Waals surface area contributed by atoms with Gasteiger partial charge in [0.2, 0.25) is 0 Å². The van der Waals surface area contributed by atoms with Crippen molar-refractivity contribution in [2.75, 3.05) is 23.8 Å². The molecule has 0 spiro atoms. The van der Waals surface area contributed by atoms with Crippen molar-refractivity contribution in [1.29, 1.82) is 0 Å². The summed E-state index contributed by atoms with van der Waals surface area (Å²) >= 11 is 0. The molecule has 1 aliphatic heterocycles. The quantitative estimate of drug-likeness (QED) is 0.799. The van der Waals surface area contributed by atoms with Crippen LogP contribution in [0.5, 0.6) is 5.75 Å². The van der Waals surface area contributed by atoms with E-state index in [4.69, 9.17) is 10.5 Å². The van der Waals surface area contributed by atoms with E-state index in [9.17, 15) is 4.39 Å². The molecule has 3 nitrogen and oxygen atoms in total. The summed E-state index contributed by atoms with van der Waals surface area (Å²) in [5, 5.41) is 0. The Morgan fingerprint density at radius 3 is 2.89 bits per heavy atom. The largest absolute Gasteiger partial charge is 0.491 e. The van der Waals surface area contributed by atoms with Crippen LogP contribution >= 0.6 is 0 Å². The van der Waals surface area contributed by atoms with Gasteiger partial charge in [0.1, 0.15) is 18.2 Å². The van der Waals surface area contributed by atoms with E-state index in [2.05, 4.69) is 0 Å². The van der Waals surface area contributed by atoms with Crippen LogP contribution in [-0.2, 0) is 6.54 Å². The number of hydrogen-bond acceptors (Lipinski definition) is 3. The summed E-state index contributed by atoms with van der Waals surface area (Å²) < 4.78 is 19.1. The highest BCUT2D eigenvalue weighted by Crippen LogP contribution is 2.29. The average Bonchev–Trinajstić information content (AvgIpc) is 2.63. The second-order valence-electron chi connectivity index (χ2n) is 4.58. The van der Waals surface area contributed by atoms with Gasteiger partial charge in [-0.2, -0.15) is 0 Å². The molecule has 0 saturated heterocycles. The highest BCUT2D eigenvalue weighted by atomic mass is 19.1. The highest BCUT2D eigenvalue weighted by molar-refractivity contribution is 5.68. The fraction of sp³-hybridized carbons (Fsp3) is 0.200. The van der Waals surface area contributed by atoms with E-state index in [-0.39, 0.29) is 5.82 Å². The first-order chi connectivity index (χ1) is 9.24. The van der Waals surface area contributed by atoms with E-state index in [1.165, 1.54) is 12.1 Å². The molecule has 0 amide bonds. The van der Waals surface area contributed by atoms with Gasteiger partial charge in [-0.15, -0.1) is 0 Å². The summed E-state index contributed by atoms with van der Waals surface area (Å²) in [5.74, 6) is 0.614. The van der Waals surface area contributed by atoms with Crippen molar-refractivity contribution in [3.05, 3.63) is 53.8 Å². The Morgan fingerprint density at radius 1 is 1.16 bits per heavy atom. The zero-order valence-electron chi connectivity index (χ0n) is 10.5. The summed E-state index contributed by atoms with van der Waals surface area (Å²) in [6, 6.07) is 12.3. The lowest BCUT2D eigenvalue weighted by Crippen LogP contribution is -2.26. The number of rotatable bonds is 1. The Kier molecular flexibility index (Phi) is 2.99. The minimum Gasteiger partial charge on any atom is -0.491 e. The van der Waals surface area contributed by atoms with Crippen molar-refractivity contribution < 1.29 is 9.13 Å². The molecular weight excluding hydrogens is 243 g/mol. The first-order valence-electron chi connectivity index (χ1n) is 6.25. The van der Waals surface area contributed by atoms with Gasteiger partial charge in [-0.1, -0.05) is 18.2 Å². The van der Waals surface area contributed by atoms with Gasteiger partial charge in [-0.3, -0.25) is 0 Å². The van der Waals surface area contributed by atoms with Crippen molar-refractivity contribution in [2.24, 2.45) is 0 Å². The van der Waals surface area contributed by atoms with Gasteiger partial charge in [-0.25, -0.2) is 4.39 Å². The molecule has 0 unspecified atom stereocenters. The van der Waals surface area contributed by atoms with Crippen LogP contribution in [0.15, 0.2) is 42.5 Å². The maximum absolute atomic E-state index is 13.4. The third-order valence-corrected chi connectivity index (χ3v) is 3.29. The second-order valence-corrected chi connectivity index (χ2v) is 4.58. The minimum atomic E-state index is -0.275. The van der Waals surface area contributed by atoms with Crippen LogP contribution in [-0.4, -0.2) is 13.2 Å². The molecular formula is C15H15FN2O. The van der Waals surface area contributed by atoms with Gasteiger partial charge in [0.25, 0.3) is 0 Å². The van der Waals surface area contributed by atoms with Crippen LogP contribution in [0.3, 0.4) is 0 Å². The predicted octanol–water partition coefficient (Wildman–Crippen LogP) is 2.81. The Bertz CT molecular complexity index is 600. The van der Waals surface area contributed by atoms with Crippen molar-refractivity contribution >= 4 is 11.4 Å². The summed E-state index contributed by atoms with van der Waals surface area (Å²) in [6.45, 7) is 1.92. The van der Waals surface area contributed by atoms with Gasteiger partial charge in [0, 0.05) is 12.1 Å². The Labute approximate surface area is 111 Å². The summed E-state index contributed by atoms with van der Waals surface area (Å²) in [6.07, 6.45) is 0. The molecule has 3 rings (SSSR count). The molecule has 0 saturated carbocycles. The number of fused-ring (bicyclic) bond motifs is 1. The number of nitrogens with two attached hydrogens (primary N) is 1. The molecule has 2 N–H and O–H groups in total. The Hall–Kier alpha value is -2.23. The fourth-order valence-corrected chi connectivity index (χ4v) is 2.32. The standard InChI is InChI=1S/C15H15FN2O/c16-12-5-6-13(17)14(9-12)18-7-8-19-15-4-2-1-3-11(15)10-18/h1-6,9H,7-8,10,17H2. The number of para-hydroxylation sites is 1. The van der Waals surface area contributed by atoms with Crippen LogP contribution in [0.2, 0.25) is 0 Å². The number of hydrogen-bond donors (Lipinski definition) is 1. The van der Waals surface area contributed by atoms with E-state index in [0.717, 1.165) is 17.0 Å². The van der Waals surface area contributed by atoms with Gasteiger partial charge in [0.15, 0.2) is 0 Å². The number of nitrogens with zero attached hydrogens (tertiary/aromatic N) is 1. The summed E-state index contributed by atoms with van der Waals surface area (Å²) in [4.78, 5) is 2.05. The molecule has 1 heterocycles. The van der Waals surface area contributed by atoms with Crippen LogP contribution in [0.4, 0.5) is 15.8 Å². The first kappa shape index (κ1) is 11.8. The maximum Gasteiger partial charge on any atom is 0.125 e. The van der Waals surface area contributed by atoms with Crippen molar-refractivity contribution in [2.45, 2.75) is 6.54 Å². The van der Waals surface area contributed by atoms with Gasteiger partial charge in [-0.05, 0) is 24.3 Å². The summed E-state index contributed by atoms with van der Waals surface area (Å²) in [5.41, 5.74) is 8.34. The highest BCUT2D eigenvalue weighted by Gasteiger charge is 2.17. The SMILES string of the molecule is Nc1ccc(F)cc1N1CCOc2ccccc2C1. The molecule has 0 fully saturated rings. The second kappa shape index (κ2) is 4.80. The third-order valence-electron chi connectivity index (χ3n) is 3.29. The molecule has 0 atom stereocenters. The first-order valence-corrected chi connectivity index (χ1v) is 6.25. The number of nitrogen functional groups attached to an aromatic ring is 1. The van der Waals surface area contributed by atoms with Crippen LogP contribution < -0.4 is 15.4 Å². The molecule has 1 aliphatic rings. The van der Waals surface area contributed by atoms with Crippen LogP contribution in [0.1, 0.15) is 5.56 Å². The lowest BCUT2D eigenvalue weighted by atomic mass is 10.1. The summed E-state index contributed by atoms with van der Waals surface area (Å²) in [7, 11) is 0. The molecule has 4 heteroatoms. The number of benzene rings is 2. The Balaban J connectivity index is 1.96. The number of halogens is 1. The van der Waals surface area contributed by atoms with Gasteiger partial charge < -0.3 is 15.4 Å². The van der Waals surface area contributed by atoms with Gasteiger partial charge in [0.05, 0.1) is 17.9 Å². The van der Waals surface area contributed by atoms with E-state index in [0.29, 0.717) is 25.4 Å². The normalized spacial score (nSPS) is 14.5. The number of anilines is 2. The smallest absolute Gasteiger partial charge is 0.125 e. The molecule has 2 aromatic carbocycles. The lowest BCUT2D eigenvalue weighted by Gasteiger charge is -2.23. The molecule has 0 aromatic heterocycles.